The quantitative estimate of drug-likeness (QED) is 0.906. The summed E-state index contributed by atoms with van der Waals surface area (Å²) in [4.78, 5) is 4.79. The predicted molar refractivity (Wildman–Crippen MR) is 80.9 cm³/mol. The second-order valence-corrected chi connectivity index (χ2v) is 5.35. The third-order valence-corrected chi connectivity index (χ3v) is 3.75. The maximum absolute atomic E-state index is 6.36. The van der Waals surface area contributed by atoms with Crippen molar-refractivity contribution in [1.82, 2.24) is 9.55 Å². The Morgan fingerprint density at radius 2 is 2.20 bits per heavy atom. The van der Waals surface area contributed by atoms with Crippen molar-refractivity contribution < 1.29 is 4.74 Å². The van der Waals surface area contributed by atoms with E-state index in [0.717, 1.165) is 41.5 Å². The van der Waals surface area contributed by atoms with Crippen LogP contribution in [0.3, 0.4) is 0 Å². The lowest BCUT2D eigenvalue weighted by Gasteiger charge is -2.07. The Morgan fingerprint density at radius 3 is 2.85 bits per heavy atom. The molecule has 3 rings (SSSR count). The van der Waals surface area contributed by atoms with Crippen LogP contribution in [0.5, 0.6) is 5.75 Å². The van der Waals surface area contributed by atoms with Gasteiger partial charge >= 0.3 is 0 Å². The van der Waals surface area contributed by atoms with Gasteiger partial charge in [-0.3, -0.25) is 0 Å². The summed E-state index contributed by atoms with van der Waals surface area (Å²) in [7, 11) is 1.67. The van der Waals surface area contributed by atoms with E-state index in [4.69, 9.17) is 15.5 Å². The summed E-state index contributed by atoms with van der Waals surface area (Å²) < 4.78 is 7.52. The number of nitrogen functional groups attached to an aromatic ring is 1. The Labute approximate surface area is 119 Å². The Hall–Kier alpha value is -1.97. The Balaban J connectivity index is 2.06. The zero-order chi connectivity index (χ0) is 14.1. The summed E-state index contributed by atoms with van der Waals surface area (Å²) in [5.41, 5.74) is 8.27. The molecule has 1 aliphatic rings. The molecule has 0 radical (unpaired) electrons. The zero-order valence-electron chi connectivity index (χ0n) is 12.1. The first-order valence-corrected chi connectivity index (χ1v) is 7.25. The first kappa shape index (κ1) is 13.0. The fourth-order valence-corrected chi connectivity index (χ4v) is 2.62. The second kappa shape index (κ2) is 5.19. The van der Waals surface area contributed by atoms with E-state index in [2.05, 4.69) is 11.5 Å². The van der Waals surface area contributed by atoms with Gasteiger partial charge in [0.15, 0.2) is 0 Å². The highest BCUT2D eigenvalue weighted by Gasteiger charge is 2.29. The molecule has 106 valence electrons. The minimum absolute atomic E-state index is 0.559. The topological polar surface area (TPSA) is 53.1 Å². The van der Waals surface area contributed by atoms with Gasteiger partial charge in [0.2, 0.25) is 0 Å². The fraction of sp³-hybridized carbons (Fsp3) is 0.438. The van der Waals surface area contributed by atoms with E-state index in [1.54, 1.807) is 7.11 Å². The molecule has 0 amide bonds. The summed E-state index contributed by atoms with van der Waals surface area (Å²) in [5.74, 6) is 2.74. The lowest BCUT2D eigenvalue weighted by atomic mass is 10.1. The van der Waals surface area contributed by atoms with Crippen molar-refractivity contribution in [3.8, 4) is 17.0 Å². The average Bonchev–Trinajstić information content (AvgIpc) is 3.24. The van der Waals surface area contributed by atoms with Gasteiger partial charge in [0.25, 0.3) is 0 Å². The van der Waals surface area contributed by atoms with Crippen LogP contribution in [0.4, 0.5) is 5.82 Å². The number of ether oxygens (including phenoxy) is 1. The van der Waals surface area contributed by atoms with Crippen molar-refractivity contribution in [2.24, 2.45) is 0 Å². The van der Waals surface area contributed by atoms with Gasteiger partial charge in [0.05, 0.1) is 7.11 Å². The number of hydrogen-bond acceptors (Lipinski definition) is 3. The molecule has 1 aromatic carbocycles. The van der Waals surface area contributed by atoms with Gasteiger partial charge in [0.1, 0.15) is 23.1 Å². The molecular formula is C16H21N3O. The van der Waals surface area contributed by atoms with Gasteiger partial charge in [-0.15, -0.1) is 0 Å². The molecule has 0 atom stereocenters. The lowest BCUT2D eigenvalue weighted by molar-refractivity contribution is 0.415. The molecule has 0 bridgehead atoms. The van der Waals surface area contributed by atoms with Gasteiger partial charge in [0, 0.05) is 18.0 Å². The summed E-state index contributed by atoms with van der Waals surface area (Å²) in [6, 6.07) is 8.50. The summed E-state index contributed by atoms with van der Waals surface area (Å²) in [5, 5.41) is 0. The second-order valence-electron chi connectivity index (χ2n) is 5.35. The number of nitrogens with two attached hydrogens (primary N) is 1. The normalized spacial score (nSPS) is 14.5. The number of aryl methyl sites for hydroxylation is 1. The summed E-state index contributed by atoms with van der Waals surface area (Å²) in [6.07, 6.45) is 4.50. The van der Waals surface area contributed by atoms with Crippen LogP contribution in [0.15, 0.2) is 24.3 Å². The van der Waals surface area contributed by atoms with Crippen molar-refractivity contribution in [2.75, 3.05) is 12.8 Å². The van der Waals surface area contributed by atoms with E-state index in [1.165, 1.54) is 12.8 Å². The van der Waals surface area contributed by atoms with Crippen LogP contribution < -0.4 is 10.5 Å². The third-order valence-electron chi connectivity index (χ3n) is 3.75. The van der Waals surface area contributed by atoms with Gasteiger partial charge in [-0.2, -0.15) is 0 Å². The van der Waals surface area contributed by atoms with E-state index >= 15 is 0 Å². The van der Waals surface area contributed by atoms with Crippen LogP contribution in [0, 0.1) is 0 Å². The number of anilines is 1. The molecule has 1 heterocycles. The van der Waals surface area contributed by atoms with Crippen LogP contribution in [0.1, 0.15) is 38.1 Å². The van der Waals surface area contributed by atoms with Gasteiger partial charge < -0.3 is 15.0 Å². The van der Waals surface area contributed by atoms with Crippen LogP contribution in [-0.2, 0) is 6.42 Å². The van der Waals surface area contributed by atoms with Gasteiger partial charge in [-0.25, -0.2) is 4.98 Å². The lowest BCUT2D eigenvalue weighted by Crippen LogP contribution is -2.05. The smallest absolute Gasteiger partial charge is 0.131 e. The number of benzene rings is 1. The molecule has 1 fully saturated rings. The van der Waals surface area contributed by atoms with E-state index in [-0.39, 0.29) is 0 Å². The van der Waals surface area contributed by atoms with Crippen molar-refractivity contribution in [1.29, 1.82) is 0 Å². The zero-order valence-corrected chi connectivity index (χ0v) is 12.1. The number of aromatic nitrogens is 2. The summed E-state index contributed by atoms with van der Waals surface area (Å²) in [6.45, 7) is 2.17. The van der Waals surface area contributed by atoms with Crippen LogP contribution >= 0.6 is 0 Å². The molecule has 0 unspecified atom stereocenters. The Bertz CT molecular complexity index is 614. The minimum Gasteiger partial charge on any atom is -0.497 e. The fourth-order valence-electron chi connectivity index (χ4n) is 2.62. The SMILES string of the molecule is CCCc1nc(-c2cccc(OC)c2)c(N)n1C1CC1. The Morgan fingerprint density at radius 1 is 1.40 bits per heavy atom. The van der Waals surface area contributed by atoms with Crippen LogP contribution in [0.25, 0.3) is 11.3 Å². The molecule has 1 aliphatic carbocycles. The molecule has 0 saturated heterocycles. The molecule has 4 nitrogen and oxygen atoms in total. The molecule has 2 N–H and O–H groups in total. The van der Waals surface area contributed by atoms with Crippen molar-refractivity contribution in [3.63, 3.8) is 0 Å². The molecule has 4 heteroatoms. The number of hydrogen-bond donors (Lipinski definition) is 1. The number of nitrogens with zero attached hydrogens (tertiary/aromatic N) is 2. The number of imidazole rings is 1. The van der Waals surface area contributed by atoms with Crippen molar-refractivity contribution >= 4 is 5.82 Å². The highest BCUT2D eigenvalue weighted by atomic mass is 16.5. The molecule has 2 aromatic rings. The molecular weight excluding hydrogens is 250 g/mol. The van der Waals surface area contributed by atoms with Crippen LogP contribution in [-0.4, -0.2) is 16.7 Å². The standard InChI is InChI=1S/C16H21N3O/c1-3-5-14-18-15(16(17)19(14)12-8-9-12)11-6-4-7-13(10-11)20-2/h4,6-7,10,12H,3,5,8-9,17H2,1-2H3. The van der Waals surface area contributed by atoms with Crippen LogP contribution in [0.2, 0.25) is 0 Å². The highest BCUT2D eigenvalue weighted by Crippen LogP contribution is 2.41. The minimum atomic E-state index is 0.559. The largest absolute Gasteiger partial charge is 0.497 e. The first-order chi connectivity index (χ1) is 9.74. The van der Waals surface area contributed by atoms with Crippen molar-refractivity contribution in [2.45, 2.75) is 38.6 Å². The number of methoxy groups -OCH3 is 1. The highest BCUT2D eigenvalue weighted by molar-refractivity contribution is 5.72. The molecule has 20 heavy (non-hydrogen) atoms. The molecule has 0 spiro atoms. The first-order valence-electron chi connectivity index (χ1n) is 7.25. The van der Waals surface area contributed by atoms with E-state index in [0.29, 0.717) is 6.04 Å². The Kier molecular flexibility index (Phi) is 3.38. The van der Waals surface area contributed by atoms with E-state index < -0.39 is 0 Å². The predicted octanol–water partition coefficient (Wildman–Crippen LogP) is 3.43. The van der Waals surface area contributed by atoms with Gasteiger partial charge in [-0.05, 0) is 31.4 Å². The van der Waals surface area contributed by atoms with E-state index in [1.807, 2.05) is 24.3 Å². The number of rotatable bonds is 5. The monoisotopic (exact) mass is 271 g/mol. The molecule has 1 aromatic heterocycles. The maximum Gasteiger partial charge on any atom is 0.131 e. The molecule has 0 aliphatic heterocycles. The average molecular weight is 271 g/mol. The van der Waals surface area contributed by atoms with Crippen molar-refractivity contribution in [3.05, 3.63) is 30.1 Å². The van der Waals surface area contributed by atoms with E-state index in [9.17, 15) is 0 Å². The van der Waals surface area contributed by atoms with Gasteiger partial charge in [-0.1, -0.05) is 19.1 Å². The maximum atomic E-state index is 6.36. The third kappa shape index (κ3) is 2.26. The summed E-state index contributed by atoms with van der Waals surface area (Å²) >= 11 is 0. The molecule has 1 saturated carbocycles.